The summed E-state index contributed by atoms with van der Waals surface area (Å²) in [6.07, 6.45) is -4.87. The van der Waals surface area contributed by atoms with Gasteiger partial charge in [-0.2, -0.15) is 13.2 Å². The second-order valence-corrected chi connectivity index (χ2v) is 6.59. The molecule has 2 aromatic carbocycles. The summed E-state index contributed by atoms with van der Waals surface area (Å²) in [6.45, 7) is 0. The van der Waals surface area contributed by atoms with E-state index in [2.05, 4.69) is 15.3 Å². The molecule has 0 fully saturated rings. The quantitative estimate of drug-likeness (QED) is 0.433. The van der Waals surface area contributed by atoms with Crippen LogP contribution in [-0.4, -0.2) is 15.9 Å². The van der Waals surface area contributed by atoms with Crippen LogP contribution in [0.1, 0.15) is 16.1 Å². The summed E-state index contributed by atoms with van der Waals surface area (Å²) >= 11 is 5.79. The number of benzene rings is 2. The summed E-state index contributed by atoms with van der Waals surface area (Å²) < 4.78 is 45.2. The molecule has 6 nitrogen and oxygen atoms in total. The topological polar surface area (TPSA) is 90.9 Å². The molecule has 0 atom stereocenters. The van der Waals surface area contributed by atoms with Crippen LogP contribution >= 0.6 is 11.6 Å². The van der Waals surface area contributed by atoms with E-state index < -0.39 is 29.1 Å². The lowest BCUT2D eigenvalue weighted by Crippen LogP contribution is -2.16. The highest BCUT2D eigenvalue weighted by molar-refractivity contribution is 6.30. The fourth-order valence-electron chi connectivity index (χ4n) is 2.84. The van der Waals surface area contributed by atoms with Gasteiger partial charge in [0, 0.05) is 16.3 Å². The molecule has 2 aromatic heterocycles. The van der Waals surface area contributed by atoms with E-state index in [1.807, 2.05) is 0 Å². The van der Waals surface area contributed by atoms with Crippen LogP contribution in [0.25, 0.3) is 22.4 Å². The van der Waals surface area contributed by atoms with Crippen LogP contribution in [0.15, 0.2) is 57.7 Å². The van der Waals surface area contributed by atoms with Crippen molar-refractivity contribution < 1.29 is 22.4 Å². The third-order valence-corrected chi connectivity index (χ3v) is 4.39. The van der Waals surface area contributed by atoms with Crippen molar-refractivity contribution in [3.63, 3.8) is 0 Å². The molecule has 148 valence electrons. The van der Waals surface area contributed by atoms with E-state index in [0.717, 1.165) is 6.07 Å². The molecule has 0 aliphatic carbocycles. The first-order valence-corrected chi connectivity index (χ1v) is 8.59. The zero-order chi connectivity index (χ0) is 20.8. The maximum atomic E-state index is 13.4. The molecule has 0 spiro atoms. The Morgan fingerprint density at radius 2 is 1.69 bits per heavy atom. The Kier molecular flexibility index (Phi) is 4.46. The molecular formula is C19H11ClF3N3O3. The molecule has 29 heavy (non-hydrogen) atoms. The Balaban J connectivity index is 1.70. The van der Waals surface area contributed by atoms with Crippen LogP contribution in [0.4, 0.5) is 18.9 Å². The number of furan rings is 1. The zero-order valence-electron chi connectivity index (χ0n) is 14.4. The minimum absolute atomic E-state index is 0.121. The van der Waals surface area contributed by atoms with E-state index in [0.29, 0.717) is 21.6 Å². The Morgan fingerprint density at radius 1 is 1.00 bits per heavy atom. The van der Waals surface area contributed by atoms with E-state index in [1.165, 1.54) is 42.5 Å². The normalized spacial score (nSPS) is 11.7. The molecule has 1 amide bonds. The van der Waals surface area contributed by atoms with Crippen molar-refractivity contribution in [2.45, 2.75) is 6.18 Å². The number of halogens is 4. The number of amides is 1. The number of aromatic amines is 2. The molecule has 4 aromatic rings. The molecule has 0 aliphatic rings. The lowest BCUT2D eigenvalue weighted by molar-refractivity contribution is -0.153. The van der Waals surface area contributed by atoms with Crippen molar-refractivity contribution in [3.05, 3.63) is 75.4 Å². The first-order valence-electron chi connectivity index (χ1n) is 8.21. The Bertz CT molecular complexity index is 1270. The van der Waals surface area contributed by atoms with Gasteiger partial charge in [-0.15, -0.1) is 0 Å². The molecule has 0 saturated heterocycles. The number of nitrogens with one attached hydrogen (secondary N) is 3. The van der Waals surface area contributed by atoms with E-state index in [9.17, 15) is 22.8 Å². The Hall–Kier alpha value is -3.46. The van der Waals surface area contributed by atoms with Gasteiger partial charge >= 0.3 is 11.9 Å². The first kappa shape index (κ1) is 18.9. The predicted molar refractivity (Wildman–Crippen MR) is 101 cm³/mol. The molecule has 0 bridgehead atoms. The number of aromatic nitrogens is 2. The average Bonchev–Trinajstić information content (AvgIpc) is 3.25. The fourth-order valence-corrected chi connectivity index (χ4v) is 2.96. The SMILES string of the molecule is O=C(Nc1ccc2[nH]c(=O)[nH]c2c1)c1cc(-c2ccc(Cl)cc2)oc1C(F)(F)F. The molecule has 0 aliphatic heterocycles. The van der Waals surface area contributed by atoms with Gasteiger partial charge in [0.25, 0.3) is 5.91 Å². The first-order chi connectivity index (χ1) is 13.7. The van der Waals surface area contributed by atoms with E-state index in [4.69, 9.17) is 16.0 Å². The van der Waals surface area contributed by atoms with Gasteiger partial charge in [0.1, 0.15) is 5.76 Å². The number of hydrogen-bond donors (Lipinski definition) is 3. The van der Waals surface area contributed by atoms with Crippen LogP contribution < -0.4 is 11.0 Å². The van der Waals surface area contributed by atoms with Crippen molar-refractivity contribution >= 4 is 34.2 Å². The number of rotatable bonds is 3. The smallest absolute Gasteiger partial charge is 0.450 e. The summed E-state index contributed by atoms with van der Waals surface area (Å²) in [7, 11) is 0. The van der Waals surface area contributed by atoms with Crippen molar-refractivity contribution in [3.8, 4) is 11.3 Å². The minimum atomic E-state index is -4.87. The molecule has 0 saturated carbocycles. The summed E-state index contributed by atoms with van der Waals surface area (Å²) in [5, 5.41) is 2.80. The van der Waals surface area contributed by atoms with E-state index in [-0.39, 0.29) is 11.4 Å². The van der Waals surface area contributed by atoms with Crippen molar-refractivity contribution in [2.75, 3.05) is 5.32 Å². The number of hydrogen-bond acceptors (Lipinski definition) is 3. The van der Waals surface area contributed by atoms with Gasteiger partial charge < -0.3 is 19.7 Å². The lowest BCUT2D eigenvalue weighted by atomic mass is 10.1. The number of H-pyrrole nitrogens is 2. The van der Waals surface area contributed by atoms with Crippen LogP contribution in [-0.2, 0) is 6.18 Å². The second-order valence-electron chi connectivity index (χ2n) is 6.15. The molecule has 0 unspecified atom stereocenters. The van der Waals surface area contributed by atoms with Gasteiger partial charge in [0.05, 0.1) is 16.6 Å². The van der Waals surface area contributed by atoms with Crippen molar-refractivity contribution in [1.82, 2.24) is 9.97 Å². The molecule has 4 rings (SSSR count). The number of alkyl halides is 3. The minimum Gasteiger partial charge on any atom is -0.451 e. The largest absolute Gasteiger partial charge is 0.451 e. The van der Waals surface area contributed by atoms with E-state index >= 15 is 0 Å². The van der Waals surface area contributed by atoms with Crippen LogP contribution in [0.3, 0.4) is 0 Å². The predicted octanol–water partition coefficient (Wildman–Crippen LogP) is 5.04. The van der Waals surface area contributed by atoms with Crippen LogP contribution in [0.2, 0.25) is 5.02 Å². The van der Waals surface area contributed by atoms with Gasteiger partial charge in [-0.25, -0.2) is 4.79 Å². The highest BCUT2D eigenvalue weighted by Crippen LogP contribution is 2.37. The van der Waals surface area contributed by atoms with Gasteiger partial charge in [0.15, 0.2) is 0 Å². The number of fused-ring (bicyclic) bond motifs is 1. The molecule has 2 heterocycles. The van der Waals surface area contributed by atoms with Gasteiger partial charge in [-0.3, -0.25) is 4.79 Å². The fraction of sp³-hybridized carbons (Fsp3) is 0.0526. The third kappa shape index (κ3) is 3.77. The molecule has 10 heteroatoms. The maximum Gasteiger partial charge on any atom is 0.450 e. The summed E-state index contributed by atoms with van der Waals surface area (Å²) in [5.41, 5.74) is 0.343. The number of carbonyl (C=O) groups is 1. The van der Waals surface area contributed by atoms with E-state index in [1.54, 1.807) is 0 Å². The lowest BCUT2D eigenvalue weighted by Gasteiger charge is -2.07. The van der Waals surface area contributed by atoms with Crippen molar-refractivity contribution in [1.29, 1.82) is 0 Å². The number of imidazole rings is 1. The second kappa shape index (κ2) is 6.85. The van der Waals surface area contributed by atoms with Crippen LogP contribution in [0.5, 0.6) is 0 Å². The Labute approximate surface area is 165 Å². The monoisotopic (exact) mass is 421 g/mol. The van der Waals surface area contributed by atoms with Gasteiger partial charge in [-0.05, 0) is 48.5 Å². The van der Waals surface area contributed by atoms with Crippen LogP contribution in [0, 0.1) is 0 Å². The zero-order valence-corrected chi connectivity index (χ0v) is 15.1. The summed E-state index contributed by atoms with van der Waals surface area (Å²) in [5.74, 6) is -2.53. The third-order valence-electron chi connectivity index (χ3n) is 4.14. The van der Waals surface area contributed by atoms with Gasteiger partial charge in [-0.1, -0.05) is 11.6 Å². The highest BCUT2D eigenvalue weighted by Gasteiger charge is 2.40. The molecule has 0 radical (unpaired) electrons. The van der Waals surface area contributed by atoms with Gasteiger partial charge in [0.2, 0.25) is 5.76 Å². The molecular weight excluding hydrogens is 411 g/mol. The maximum absolute atomic E-state index is 13.4. The Morgan fingerprint density at radius 3 is 2.38 bits per heavy atom. The summed E-state index contributed by atoms with van der Waals surface area (Å²) in [4.78, 5) is 28.9. The average molecular weight is 422 g/mol. The standard InChI is InChI=1S/C19H11ClF3N3O3/c20-10-3-1-9(2-4-10)15-8-12(16(29-15)19(21,22)23)17(27)24-11-5-6-13-14(7-11)26-18(28)25-13/h1-8H,(H,24,27)(H2,25,26,28). The number of anilines is 1. The molecule has 3 N–H and O–H groups in total. The summed E-state index contributed by atoms with van der Waals surface area (Å²) in [6, 6.07) is 11.4. The van der Waals surface area contributed by atoms with Crippen molar-refractivity contribution in [2.24, 2.45) is 0 Å². The number of carbonyl (C=O) groups excluding carboxylic acids is 1. The highest BCUT2D eigenvalue weighted by atomic mass is 35.5.